The summed E-state index contributed by atoms with van der Waals surface area (Å²) < 4.78 is 29.5. The minimum absolute atomic E-state index is 0.00840. The van der Waals surface area contributed by atoms with Crippen molar-refractivity contribution in [1.82, 2.24) is 4.90 Å². The fourth-order valence-corrected chi connectivity index (χ4v) is 10.2. The van der Waals surface area contributed by atoms with Crippen molar-refractivity contribution >= 4 is 29.2 Å². The summed E-state index contributed by atoms with van der Waals surface area (Å²) in [5, 5.41) is 43.8. The lowest BCUT2D eigenvalue weighted by Crippen LogP contribution is -2.61. The van der Waals surface area contributed by atoms with E-state index in [2.05, 4.69) is 0 Å². The summed E-state index contributed by atoms with van der Waals surface area (Å²) in [4.78, 5) is 71.8. The first-order chi connectivity index (χ1) is 31.7. The van der Waals surface area contributed by atoms with Crippen LogP contribution in [0.3, 0.4) is 0 Å². The van der Waals surface area contributed by atoms with Crippen LogP contribution in [-0.4, -0.2) is 143 Å². The highest BCUT2D eigenvalue weighted by Crippen LogP contribution is 2.38. The molecule has 15 heteroatoms. The third-order valence-corrected chi connectivity index (χ3v) is 14.6. The molecule has 67 heavy (non-hydrogen) atoms. The second-order valence-electron chi connectivity index (χ2n) is 19.9. The summed E-state index contributed by atoms with van der Waals surface area (Å²) in [6, 6.07) is -1.16. The Hall–Kier alpha value is -3.41. The Morgan fingerprint density at radius 2 is 1.60 bits per heavy atom. The number of cyclic esters (lactones) is 1. The number of amides is 1. The second kappa shape index (κ2) is 26.5. The van der Waals surface area contributed by atoms with Gasteiger partial charge in [0.1, 0.15) is 30.1 Å². The number of hydrogen-bond donors (Lipinski definition) is 4. The molecule has 1 amide bonds. The Morgan fingerprint density at radius 1 is 0.866 bits per heavy atom. The molecule has 15 atom stereocenters. The number of carbonyl (C=O) groups excluding carboxylic acids is 5. The molecular weight excluding hydrogens is 863 g/mol. The van der Waals surface area contributed by atoms with Gasteiger partial charge in [-0.15, -0.1) is 0 Å². The fourth-order valence-electron chi connectivity index (χ4n) is 10.2. The molecule has 0 radical (unpaired) electrons. The largest absolute Gasteiger partial charge is 0.460 e. The fraction of sp³-hybridized carbons (Fsp3) is 0.750. The van der Waals surface area contributed by atoms with Gasteiger partial charge in [-0.25, -0.2) is 4.79 Å². The minimum Gasteiger partial charge on any atom is -0.460 e. The standard InChI is InChI=1S/C52H81NO14/c1-31-15-11-10-12-16-32(2)41(55)29-39-20-18-37(7)52(62,67-39)49(59)50(60)53-22-14-13-17-40(53)51(61)66-44(34(4)27-38-19-21-43(65-24-23-54)45(28-38)63-8)30-42(56)33(3)26-36(6)47(58)48(64-9)46(57)35(5)25-31/h10-12,15-16,26,31,33-35,37-41,43-45,47-48,54-55,58,62H,13-14,17-25,27-30H2,1-9H3/b12-10+,15-11-,32-16+,36-26+/t31-,33-,34-,35-,37-,38+,39+,40+,41+,43-,44+,45-,47-,48+,52-/m1/s1. The van der Waals surface area contributed by atoms with Crippen molar-refractivity contribution < 1.29 is 68.1 Å². The van der Waals surface area contributed by atoms with E-state index in [0.29, 0.717) is 62.5 Å². The Labute approximate surface area is 398 Å². The van der Waals surface area contributed by atoms with E-state index in [1.165, 1.54) is 7.11 Å². The van der Waals surface area contributed by atoms with Crippen LogP contribution in [0, 0.1) is 35.5 Å². The lowest BCUT2D eigenvalue weighted by atomic mass is 9.78. The van der Waals surface area contributed by atoms with Gasteiger partial charge in [-0.05, 0) is 107 Å². The third-order valence-electron chi connectivity index (χ3n) is 14.6. The number of aliphatic hydroxyl groups excluding tert-OH is 3. The van der Waals surface area contributed by atoms with Crippen LogP contribution < -0.4 is 0 Å². The zero-order valence-electron chi connectivity index (χ0n) is 41.5. The average Bonchev–Trinajstić information content (AvgIpc) is 3.30. The van der Waals surface area contributed by atoms with E-state index in [1.807, 2.05) is 32.1 Å². The Bertz CT molecular complexity index is 1790. The van der Waals surface area contributed by atoms with Crippen LogP contribution in [0.25, 0.3) is 0 Å². The molecule has 4 aliphatic rings. The monoisotopic (exact) mass is 944 g/mol. The third kappa shape index (κ3) is 15.3. The van der Waals surface area contributed by atoms with Crippen molar-refractivity contribution in [3.05, 3.63) is 47.6 Å². The summed E-state index contributed by atoms with van der Waals surface area (Å²) in [6.45, 7) is 12.6. The van der Waals surface area contributed by atoms with Gasteiger partial charge in [-0.3, -0.25) is 19.2 Å². The van der Waals surface area contributed by atoms with Gasteiger partial charge in [-0.2, -0.15) is 0 Å². The number of aliphatic hydroxyl groups is 4. The number of rotatable bonds is 8. The summed E-state index contributed by atoms with van der Waals surface area (Å²) in [5.41, 5.74) is 0.998. The zero-order chi connectivity index (χ0) is 49.6. The summed E-state index contributed by atoms with van der Waals surface area (Å²) in [7, 11) is 2.99. The maximum Gasteiger partial charge on any atom is 0.329 e. The van der Waals surface area contributed by atoms with E-state index in [1.54, 1.807) is 60.0 Å². The molecule has 0 unspecified atom stereocenters. The van der Waals surface area contributed by atoms with Crippen molar-refractivity contribution in [2.24, 2.45) is 35.5 Å². The number of ketones is 3. The molecule has 15 nitrogen and oxygen atoms in total. The normalized spacial score (nSPS) is 39.6. The molecule has 4 rings (SSSR count). The molecule has 3 fully saturated rings. The lowest BCUT2D eigenvalue weighted by Gasteiger charge is -2.42. The van der Waals surface area contributed by atoms with Crippen molar-refractivity contribution in [3.8, 4) is 0 Å². The van der Waals surface area contributed by atoms with Gasteiger partial charge in [0.15, 0.2) is 5.78 Å². The van der Waals surface area contributed by atoms with Crippen molar-refractivity contribution in [1.29, 1.82) is 0 Å². The van der Waals surface area contributed by atoms with E-state index in [-0.39, 0.29) is 80.5 Å². The van der Waals surface area contributed by atoms with Crippen LogP contribution in [0.5, 0.6) is 0 Å². The predicted octanol–water partition coefficient (Wildman–Crippen LogP) is 5.54. The number of allylic oxidation sites excluding steroid dienone is 6. The van der Waals surface area contributed by atoms with E-state index in [9.17, 15) is 44.4 Å². The average molecular weight is 944 g/mol. The summed E-state index contributed by atoms with van der Waals surface area (Å²) >= 11 is 0. The maximum atomic E-state index is 14.4. The van der Waals surface area contributed by atoms with Crippen LogP contribution >= 0.6 is 0 Å². The molecule has 1 saturated carbocycles. The van der Waals surface area contributed by atoms with Gasteiger partial charge in [0.05, 0.1) is 37.6 Å². The highest BCUT2D eigenvalue weighted by atomic mass is 16.6. The van der Waals surface area contributed by atoms with Crippen LogP contribution in [0.2, 0.25) is 0 Å². The van der Waals surface area contributed by atoms with Crippen LogP contribution in [0.15, 0.2) is 47.6 Å². The van der Waals surface area contributed by atoms with Gasteiger partial charge in [0.25, 0.3) is 11.7 Å². The summed E-state index contributed by atoms with van der Waals surface area (Å²) in [5.74, 6) is -8.25. The first kappa shape index (κ1) is 56.2. The van der Waals surface area contributed by atoms with Crippen molar-refractivity contribution in [3.63, 3.8) is 0 Å². The SMILES string of the molecule is CO[C@@H]1C[C@H](C[C@@H](C)[C@@H]2CC(=O)[C@H](C)/C=C(\C)[C@@H](O)[C@@H](OC)C(=O)[C@H](C)C[C@H](C)\C=C/C=C/C=C(\C)[C@@H](O)C[C@@H]3CC[C@@H](C)[C@@](O)(O3)C(=O)C(=O)N3CCCC[C@H]3C(=O)O2)CC[C@H]1OCCO. The minimum atomic E-state index is -2.49. The molecule has 0 aromatic carbocycles. The van der Waals surface area contributed by atoms with Gasteiger partial charge >= 0.3 is 5.97 Å². The molecule has 0 aromatic rings. The Balaban J connectivity index is 1.68. The van der Waals surface area contributed by atoms with Crippen molar-refractivity contribution in [2.75, 3.05) is 34.0 Å². The molecule has 1 aliphatic carbocycles. The number of fused-ring (bicyclic) bond motifs is 3. The van der Waals surface area contributed by atoms with Crippen molar-refractivity contribution in [2.45, 2.75) is 180 Å². The molecule has 0 aromatic heterocycles. The number of ether oxygens (including phenoxy) is 5. The number of hydrogen-bond acceptors (Lipinski definition) is 14. The zero-order valence-corrected chi connectivity index (χ0v) is 41.5. The van der Waals surface area contributed by atoms with Gasteiger partial charge < -0.3 is 49.0 Å². The Kier molecular flexibility index (Phi) is 22.3. The first-order valence-electron chi connectivity index (χ1n) is 24.6. The van der Waals surface area contributed by atoms with E-state index < -0.39 is 77.8 Å². The number of esters is 1. The van der Waals surface area contributed by atoms with Gasteiger partial charge in [0.2, 0.25) is 5.79 Å². The molecule has 3 heterocycles. The van der Waals surface area contributed by atoms with Crippen LogP contribution in [0.1, 0.15) is 126 Å². The molecule has 2 bridgehead atoms. The number of carbonyl (C=O) groups is 5. The van der Waals surface area contributed by atoms with Gasteiger partial charge in [-0.1, -0.05) is 71.1 Å². The highest BCUT2D eigenvalue weighted by Gasteiger charge is 2.53. The molecule has 0 spiro atoms. The predicted molar refractivity (Wildman–Crippen MR) is 251 cm³/mol. The number of piperidine rings is 1. The summed E-state index contributed by atoms with van der Waals surface area (Å²) in [6.07, 6.45) is 10.3. The lowest BCUT2D eigenvalue weighted by molar-refractivity contribution is -0.265. The van der Waals surface area contributed by atoms with Gasteiger partial charge in [0, 0.05) is 51.4 Å². The van der Waals surface area contributed by atoms with E-state index in [4.69, 9.17) is 23.7 Å². The molecule has 4 N–H and O–H groups in total. The molecule has 2 saturated heterocycles. The molecular formula is C52H81NO14. The van der Waals surface area contributed by atoms with Crippen LogP contribution in [-0.2, 0) is 47.7 Å². The maximum absolute atomic E-state index is 14.4. The Morgan fingerprint density at radius 3 is 2.28 bits per heavy atom. The molecule has 3 aliphatic heterocycles. The number of Topliss-reactive ketones (excluding diaryl/α,β-unsaturated/α-hetero) is 3. The number of nitrogens with zero attached hydrogens (tertiary/aromatic N) is 1. The topological polar surface area (TPSA) is 216 Å². The second-order valence-corrected chi connectivity index (χ2v) is 19.9. The van der Waals surface area contributed by atoms with E-state index in [0.717, 1.165) is 11.3 Å². The first-order valence-corrected chi connectivity index (χ1v) is 24.6. The smallest absolute Gasteiger partial charge is 0.329 e. The highest BCUT2D eigenvalue weighted by molar-refractivity contribution is 6.39. The molecule has 378 valence electrons. The van der Waals surface area contributed by atoms with E-state index >= 15 is 0 Å². The number of methoxy groups -OCH3 is 2. The van der Waals surface area contributed by atoms with Crippen LogP contribution in [0.4, 0.5) is 0 Å². The quantitative estimate of drug-likeness (QED) is 0.134.